The van der Waals surface area contributed by atoms with Gasteiger partial charge in [0.05, 0.1) is 12.7 Å². The van der Waals surface area contributed by atoms with Gasteiger partial charge >= 0.3 is 5.97 Å². The van der Waals surface area contributed by atoms with E-state index in [2.05, 4.69) is 10.3 Å². The Morgan fingerprint density at radius 1 is 1.14 bits per heavy atom. The molecular formula is C27H29FN4O3S. The van der Waals surface area contributed by atoms with Crippen molar-refractivity contribution >= 4 is 23.7 Å². The molecule has 2 aromatic carbocycles. The molecular weight excluding hydrogens is 479 g/mol. The lowest BCUT2D eigenvalue weighted by Crippen LogP contribution is -2.32. The third kappa shape index (κ3) is 4.97. The average Bonchev–Trinajstić information content (AvgIpc) is 3.30. The molecule has 1 atom stereocenters. The van der Waals surface area contributed by atoms with Crippen LogP contribution in [0, 0.1) is 5.82 Å². The summed E-state index contributed by atoms with van der Waals surface area (Å²) in [5, 5.41) is 8.45. The minimum atomic E-state index is -0.580. The highest BCUT2D eigenvalue weighted by Gasteiger charge is 2.37. The van der Waals surface area contributed by atoms with Gasteiger partial charge in [0.25, 0.3) is 0 Å². The lowest BCUT2D eigenvalue weighted by molar-refractivity contribution is -0.146. The summed E-state index contributed by atoms with van der Waals surface area (Å²) in [5.74, 6) is 0.919. The number of nitrogens with zero attached hydrogens (tertiary/aromatic N) is 3. The SMILES string of the molecule is COc1ccccc1C1C(C(=O)OC2CCCCC2)=C(C)Nc2nc(SCc3ccccc3F)nn21. The molecule has 1 fully saturated rings. The molecule has 0 spiro atoms. The van der Waals surface area contributed by atoms with Gasteiger partial charge in [-0.2, -0.15) is 4.98 Å². The van der Waals surface area contributed by atoms with Gasteiger partial charge in [-0.3, -0.25) is 0 Å². The van der Waals surface area contributed by atoms with E-state index < -0.39 is 6.04 Å². The Bertz CT molecular complexity index is 1290. The van der Waals surface area contributed by atoms with Gasteiger partial charge in [0, 0.05) is 17.0 Å². The summed E-state index contributed by atoms with van der Waals surface area (Å²) in [5.41, 5.74) is 2.51. The van der Waals surface area contributed by atoms with Crippen LogP contribution in [0.4, 0.5) is 10.3 Å². The lowest BCUT2D eigenvalue weighted by atomic mass is 9.94. The molecule has 3 aromatic rings. The first kappa shape index (κ1) is 24.4. The van der Waals surface area contributed by atoms with E-state index in [9.17, 15) is 9.18 Å². The Morgan fingerprint density at radius 2 is 1.89 bits per heavy atom. The highest BCUT2D eigenvalue weighted by Crippen LogP contribution is 2.40. The Labute approximate surface area is 214 Å². The second kappa shape index (κ2) is 10.7. The maximum atomic E-state index is 14.1. The van der Waals surface area contributed by atoms with Gasteiger partial charge in [0.1, 0.15) is 23.7 Å². The topological polar surface area (TPSA) is 78.3 Å². The van der Waals surface area contributed by atoms with Gasteiger partial charge < -0.3 is 14.8 Å². The largest absolute Gasteiger partial charge is 0.496 e. The third-order valence-corrected chi connectivity index (χ3v) is 7.51. The standard InChI is InChI=1S/C27H29FN4O3S/c1-17-23(25(33)35-19-11-4-3-5-12-19)24(20-13-7-9-15-22(20)34-2)32-26(29-17)30-27(31-32)36-16-18-10-6-8-14-21(18)28/h6-10,13-15,19,24H,3-5,11-12,16H2,1-2H3,(H,29,30,31). The number of fused-ring (bicyclic) bond motifs is 1. The van der Waals surface area contributed by atoms with E-state index >= 15 is 0 Å². The number of benzene rings is 2. The number of nitrogens with one attached hydrogen (secondary N) is 1. The van der Waals surface area contributed by atoms with Crippen molar-refractivity contribution < 1.29 is 18.7 Å². The number of hydrogen-bond donors (Lipinski definition) is 1. The lowest BCUT2D eigenvalue weighted by Gasteiger charge is -2.30. The number of hydrogen-bond acceptors (Lipinski definition) is 7. The van der Waals surface area contributed by atoms with E-state index in [1.54, 1.807) is 30.0 Å². The zero-order chi connectivity index (χ0) is 25.1. The fourth-order valence-corrected chi connectivity index (χ4v) is 5.61. The van der Waals surface area contributed by atoms with Gasteiger partial charge in [0.2, 0.25) is 11.1 Å². The molecule has 1 aromatic heterocycles. The van der Waals surface area contributed by atoms with Gasteiger partial charge in [-0.25, -0.2) is 13.9 Å². The predicted octanol–water partition coefficient (Wildman–Crippen LogP) is 5.88. The number of para-hydroxylation sites is 1. The first-order chi connectivity index (χ1) is 17.5. The molecule has 0 amide bonds. The molecule has 2 heterocycles. The molecule has 36 heavy (non-hydrogen) atoms. The number of carbonyl (C=O) groups excluding carboxylic acids is 1. The number of allylic oxidation sites excluding steroid dienone is 1. The van der Waals surface area contributed by atoms with E-state index in [1.165, 1.54) is 24.2 Å². The van der Waals surface area contributed by atoms with Gasteiger partial charge in [0.15, 0.2) is 0 Å². The fourth-order valence-electron chi connectivity index (χ4n) is 4.79. The van der Waals surface area contributed by atoms with E-state index in [1.807, 2.05) is 31.2 Å². The quantitative estimate of drug-likeness (QED) is 0.315. The highest BCUT2D eigenvalue weighted by molar-refractivity contribution is 7.98. The second-order valence-electron chi connectivity index (χ2n) is 9.02. The van der Waals surface area contributed by atoms with Crippen molar-refractivity contribution in [2.45, 2.75) is 62.1 Å². The summed E-state index contributed by atoms with van der Waals surface area (Å²) in [7, 11) is 1.61. The monoisotopic (exact) mass is 508 g/mol. The summed E-state index contributed by atoms with van der Waals surface area (Å²) < 4.78 is 27.5. The third-order valence-electron chi connectivity index (χ3n) is 6.63. The van der Waals surface area contributed by atoms with Crippen LogP contribution in [0.25, 0.3) is 0 Å². The molecule has 5 rings (SSSR count). The van der Waals surface area contributed by atoms with Crippen LogP contribution in [-0.4, -0.2) is 33.9 Å². The van der Waals surface area contributed by atoms with Crippen molar-refractivity contribution in [2.75, 3.05) is 12.4 Å². The molecule has 0 saturated heterocycles. The molecule has 7 nitrogen and oxygen atoms in total. The summed E-state index contributed by atoms with van der Waals surface area (Å²) >= 11 is 1.34. The number of halogens is 1. The second-order valence-corrected chi connectivity index (χ2v) is 9.96. The first-order valence-electron chi connectivity index (χ1n) is 12.2. The van der Waals surface area contributed by atoms with E-state index in [0.29, 0.717) is 39.4 Å². The predicted molar refractivity (Wildman–Crippen MR) is 136 cm³/mol. The van der Waals surface area contributed by atoms with Gasteiger partial charge in [-0.15, -0.1) is 5.10 Å². The number of rotatable bonds is 7. The zero-order valence-electron chi connectivity index (χ0n) is 20.4. The molecule has 1 aliphatic carbocycles. The van der Waals surface area contributed by atoms with Crippen molar-refractivity contribution in [3.63, 3.8) is 0 Å². The molecule has 0 radical (unpaired) electrons. The Balaban J connectivity index is 1.49. The van der Waals surface area contributed by atoms with Gasteiger partial charge in [-0.1, -0.05) is 54.6 Å². The minimum Gasteiger partial charge on any atom is -0.496 e. The van der Waals surface area contributed by atoms with Crippen LogP contribution in [0.15, 0.2) is 65.0 Å². The number of ether oxygens (including phenoxy) is 2. The van der Waals surface area contributed by atoms with Crippen LogP contribution in [0.2, 0.25) is 0 Å². The van der Waals surface area contributed by atoms with Crippen molar-refractivity contribution in [3.8, 4) is 5.75 Å². The maximum Gasteiger partial charge on any atom is 0.338 e. The van der Waals surface area contributed by atoms with Crippen LogP contribution in [0.5, 0.6) is 5.75 Å². The summed E-state index contributed by atoms with van der Waals surface area (Å²) in [4.78, 5) is 18.2. The summed E-state index contributed by atoms with van der Waals surface area (Å²) in [6.45, 7) is 1.85. The Morgan fingerprint density at radius 3 is 2.67 bits per heavy atom. The van der Waals surface area contributed by atoms with Crippen molar-refractivity contribution in [1.29, 1.82) is 0 Å². The molecule has 1 saturated carbocycles. The normalized spacial score (nSPS) is 17.9. The summed E-state index contributed by atoms with van der Waals surface area (Å²) in [6.07, 6.45) is 5.01. The van der Waals surface area contributed by atoms with Crippen LogP contribution in [0.1, 0.15) is 56.2 Å². The number of methoxy groups -OCH3 is 1. The molecule has 2 aliphatic rings. The number of esters is 1. The minimum absolute atomic E-state index is 0.0751. The molecule has 0 bridgehead atoms. The number of carbonyl (C=O) groups is 1. The summed E-state index contributed by atoms with van der Waals surface area (Å²) in [6, 6.07) is 13.7. The first-order valence-corrected chi connectivity index (χ1v) is 13.2. The van der Waals surface area contributed by atoms with Crippen molar-refractivity contribution in [1.82, 2.24) is 14.8 Å². The van der Waals surface area contributed by atoms with Crippen LogP contribution in [0.3, 0.4) is 0 Å². The maximum absolute atomic E-state index is 14.1. The molecule has 1 aliphatic heterocycles. The Kier molecular flexibility index (Phi) is 7.27. The molecule has 1 N–H and O–H groups in total. The van der Waals surface area contributed by atoms with E-state index in [-0.39, 0.29) is 17.9 Å². The van der Waals surface area contributed by atoms with Gasteiger partial charge in [-0.05, 0) is 50.3 Å². The number of aromatic nitrogens is 3. The van der Waals surface area contributed by atoms with E-state index in [0.717, 1.165) is 31.2 Å². The number of thioether (sulfide) groups is 1. The van der Waals surface area contributed by atoms with Crippen LogP contribution in [-0.2, 0) is 15.3 Å². The highest BCUT2D eigenvalue weighted by atomic mass is 32.2. The molecule has 1 unspecified atom stereocenters. The molecule has 188 valence electrons. The Hall–Kier alpha value is -3.33. The van der Waals surface area contributed by atoms with Crippen LogP contribution < -0.4 is 10.1 Å². The van der Waals surface area contributed by atoms with Crippen molar-refractivity contribution in [3.05, 3.63) is 76.7 Å². The average molecular weight is 509 g/mol. The van der Waals surface area contributed by atoms with Crippen LogP contribution >= 0.6 is 11.8 Å². The smallest absolute Gasteiger partial charge is 0.338 e. The molecule has 9 heteroatoms. The zero-order valence-corrected chi connectivity index (χ0v) is 21.2. The van der Waals surface area contributed by atoms with E-state index in [4.69, 9.17) is 14.6 Å². The number of anilines is 1. The fraction of sp³-hybridized carbons (Fsp3) is 0.370. The van der Waals surface area contributed by atoms with Crippen molar-refractivity contribution in [2.24, 2.45) is 0 Å².